The van der Waals surface area contributed by atoms with E-state index in [0.717, 1.165) is 0 Å². The third kappa shape index (κ3) is 4.32. The standard InChI is InChI=1S/C16H28O2/c1-9-10-11(2)12(13(17)15(3,4)5)14(18)16(6,7)8/h9-11,17H,1-8H3/b10-9+,13-12+. The fourth-order valence-electron chi connectivity index (χ4n) is 1.72. The first kappa shape index (κ1) is 16.9. The second-order valence-corrected chi connectivity index (χ2v) is 6.91. The Labute approximate surface area is 112 Å². The maximum absolute atomic E-state index is 12.5. The Bertz CT molecular complexity index is 360. The molecule has 104 valence electrons. The van der Waals surface area contributed by atoms with Gasteiger partial charge in [0.1, 0.15) is 5.76 Å². The largest absolute Gasteiger partial charge is 0.511 e. The van der Waals surface area contributed by atoms with E-state index in [1.165, 1.54) is 0 Å². The summed E-state index contributed by atoms with van der Waals surface area (Å²) in [5.74, 6) is 0.148. The van der Waals surface area contributed by atoms with E-state index in [2.05, 4.69) is 0 Å². The Morgan fingerprint density at radius 1 is 1.06 bits per heavy atom. The Balaban J connectivity index is 5.83. The molecule has 0 spiro atoms. The molecule has 0 aliphatic heterocycles. The van der Waals surface area contributed by atoms with Gasteiger partial charge in [-0.05, 0) is 6.92 Å². The van der Waals surface area contributed by atoms with E-state index in [1.807, 2.05) is 67.5 Å². The summed E-state index contributed by atoms with van der Waals surface area (Å²) >= 11 is 0. The molecule has 1 atom stereocenters. The molecule has 18 heavy (non-hydrogen) atoms. The molecule has 0 aromatic rings. The van der Waals surface area contributed by atoms with Crippen LogP contribution in [0.25, 0.3) is 0 Å². The van der Waals surface area contributed by atoms with Gasteiger partial charge in [0.05, 0.1) is 0 Å². The number of hydrogen-bond acceptors (Lipinski definition) is 2. The van der Waals surface area contributed by atoms with Crippen LogP contribution in [0.1, 0.15) is 55.4 Å². The number of aliphatic hydroxyl groups excluding tert-OH is 1. The van der Waals surface area contributed by atoms with E-state index < -0.39 is 10.8 Å². The summed E-state index contributed by atoms with van der Waals surface area (Å²) < 4.78 is 0. The van der Waals surface area contributed by atoms with E-state index in [4.69, 9.17) is 0 Å². The van der Waals surface area contributed by atoms with Crippen LogP contribution in [0, 0.1) is 16.7 Å². The molecule has 0 saturated carbocycles. The zero-order valence-corrected chi connectivity index (χ0v) is 13.1. The van der Waals surface area contributed by atoms with Gasteiger partial charge < -0.3 is 5.11 Å². The van der Waals surface area contributed by atoms with Crippen molar-refractivity contribution in [1.29, 1.82) is 0 Å². The predicted molar refractivity (Wildman–Crippen MR) is 77.5 cm³/mol. The smallest absolute Gasteiger partial charge is 0.168 e. The normalized spacial score (nSPS) is 16.7. The topological polar surface area (TPSA) is 37.3 Å². The van der Waals surface area contributed by atoms with Crippen molar-refractivity contribution in [3.63, 3.8) is 0 Å². The number of ketones is 1. The van der Waals surface area contributed by atoms with E-state index in [9.17, 15) is 9.90 Å². The predicted octanol–water partition coefficient (Wildman–Crippen LogP) is 4.67. The first-order valence-electron chi connectivity index (χ1n) is 6.54. The molecule has 2 nitrogen and oxygen atoms in total. The molecule has 0 aliphatic rings. The number of hydrogen-bond donors (Lipinski definition) is 1. The Kier molecular flexibility index (Phi) is 5.39. The fraction of sp³-hybridized carbons (Fsp3) is 0.688. The van der Waals surface area contributed by atoms with Gasteiger partial charge in [-0.2, -0.15) is 0 Å². The molecular weight excluding hydrogens is 224 g/mol. The third-order valence-corrected chi connectivity index (χ3v) is 2.83. The van der Waals surface area contributed by atoms with Crippen LogP contribution >= 0.6 is 0 Å². The van der Waals surface area contributed by atoms with Gasteiger partial charge in [0.25, 0.3) is 0 Å². The van der Waals surface area contributed by atoms with Crippen molar-refractivity contribution in [2.75, 3.05) is 0 Å². The van der Waals surface area contributed by atoms with Crippen molar-refractivity contribution in [3.05, 3.63) is 23.5 Å². The van der Waals surface area contributed by atoms with Crippen molar-refractivity contribution < 1.29 is 9.90 Å². The number of aliphatic hydroxyl groups is 1. The molecule has 0 aromatic heterocycles. The first-order chi connectivity index (χ1) is 7.92. The van der Waals surface area contributed by atoms with Gasteiger partial charge in [-0.15, -0.1) is 0 Å². The lowest BCUT2D eigenvalue weighted by Crippen LogP contribution is -2.28. The van der Waals surface area contributed by atoms with Crippen molar-refractivity contribution in [2.45, 2.75) is 55.4 Å². The van der Waals surface area contributed by atoms with Gasteiger partial charge >= 0.3 is 0 Å². The van der Waals surface area contributed by atoms with Crippen molar-refractivity contribution in [1.82, 2.24) is 0 Å². The number of Topliss-reactive ketones (excluding diaryl/α,β-unsaturated/α-hetero) is 1. The second-order valence-electron chi connectivity index (χ2n) is 6.91. The van der Waals surface area contributed by atoms with Crippen LogP contribution < -0.4 is 0 Å². The minimum absolute atomic E-state index is 0.0144. The maximum atomic E-state index is 12.5. The molecular formula is C16H28O2. The van der Waals surface area contributed by atoms with E-state index in [1.54, 1.807) is 0 Å². The van der Waals surface area contributed by atoms with Gasteiger partial charge in [-0.25, -0.2) is 0 Å². The molecule has 0 aliphatic carbocycles. The SMILES string of the molecule is C/C=C/C(C)/C(C(=O)C(C)(C)C)=C(\O)C(C)(C)C. The lowest BCUT2D eigenvalue weighted by atomic mass is 9.77. The van der Waals surface area contributed by atoms with Crippen molar-refractivity contribution >= 4 is 5.78 Å². The Morgan fingerprint density at radius 3 is 1.78 bits per heavy atom. The quantitative estimate of drug-likeness (QED) is 0.450. The molecule has 0 radical (unpaired) electrons. The van der Waals surface area contributed by atoms with Crippen molar-refractivity contribution in [2.24, 2.45) is 16.7 Å². The van der Waals surface area contributed by atoms with Crippen LogP contribution in [0.3, 0.4) is 0 Å². The minimum atomic E-state index is -0.482. The second kappa shape index (κ2) is 5.73. The van der Waals surface area contributed by atoms with Crippen LogP contribution in [0.15, 0.2) is 23.5 Å². The molecule has 0 rings (SSSR count). The van der Waals surface area contributed by atoms with Crippen LogP contribution in [-0.2, 0) is 4.79 Å². The van der Waals surface area contributed by atoms with E-state index in [0.29, 0.717) is 5.57 Å². The zero-order chi connectivity index (χ0) is 14.7. The number of rotatable bonds is 3. The fourth-order valence-corrected chi connectivity index (χ4v) is 1.72. The zero-order valence-electron chi connectivity index (χ0n) is 13.1. The lowest BCUT2D eigenvalue weighted by molar-refractivity contribution is -0.123. The monoisotopic (exact) mass is 252 g/mol. The summed E-state index contributed by atoms with van der Waals surface area (Å²) in [4.78, 5) is 12.5. The van der Waals surface area contributed by atoms with Crippen LogP contribution in [-0.4, -0.2) is 10.9 Å². The highest BCUT2D eigenvalue weighted by Gasteiger charge is 2.33. The summed E-state index contributed by atoms with van der Waals surface area (Å²) in [6.45, 7) is 15.3. The van der Waals surface area contributed by atoms with Gasteiger partial charge in [0.15, 0.2) is 5.78 Å². The molecule has 0 heterocycles. The molecule has 0 bridgehead atoms. The average Bonchev–Trinajstić information content (AvgIpc) is 2.15. The molecule has 1 unspecified atom stereocenters. The molecule has 1 N–H and O–H groups in total. The summed E-state index contributed by atoms with van der Waals surface area (Å²) in [7, 11) is 0. The van der Waals surface area contributed by atoms with Crippen LogP contribution in [0.2, 0.25) is 0 Å². The van der Waals surface area contributed by atoms with Crippen LogP contribution in [0.4, 0.5) is 0 Å². The van der Waals surface area contributed by atoms with Gasteiger partial charge in [-0.1, -0.05) is 60.6 Å². The van der Waals surface area contributed by atoms with E-state index >= 15 is 0 Å². The summed E-state index contributed by atoms with van der Waals surface area (Å²) in [5, 5.41) is 10.4. The van der Waals surface area contributed by atoms with Gasteiger partial charge in [0.2, 0.25) is 0 Å². The maximum Gasteiger partial charge on any atom is 0.168 e. The third-order valence-electron chi connectivity index (χ3n) is 2.83. The highest BCUT2D eigenvalue weighted by Crippen LogP contribution is 2.34. The number of carbonyl (C=O) groups is 1. The summed E-state index contributed by atoms with van der Waals surface area (Å²) in [6.07, 6.45) is 3.86. The van der Waals surface area contributed by atoms with Gasteiger partial charge in [-0.3, -0.25) is 4.79 Å². The van der Waals surface area contributed by atoms with Gasteiger partial charge in [0, 0.05) is 22.3 Å². The van der Waals surface area contributed by atoms with E-state index in [-0.39, 0.29) is 17.5 Å². The number of allylic oxidation sites excluding steroid dienone is 4. The summed E-state index contributed by atoms with van der Waals surface area (Å²) in [6, 6.07) is 0. The molecule has 0 amide bonds. The minimum Gasteiger partial charge on any atom is -0.511 e. The summed E-state index contributed by atoms with van der Waals surface area (Å²) in [5.41, 5.74) is -0.357. The molecule has 0 fully saturated rings. The first-order valence-corrected chi connectivity index (χ1v) is 6.54. The highest BCUT2D eigenvalue weighted by atomic mass is 16.3. The Hall–Kier alpha value is -1.05. The molecule has 0 aromatic carbocycles. The Morgan fingerprint density at radius 2 is 1.50 bits per heavy atom. The molecule has 0 saturated heterocycles. The lowest BCUT2D eigenvalue weighted by Gasteiger charge is -2.27. The average molecular weight is 252 g/mol. The molecule has 2 heteroatoms. The highest BCUT2D eigenvalue weighted by molar-refractivity contribution is 6.00. The van der Waals surface area contributed by atoms with Crippen LogP contribution in [0.5, 0.6) is 0 Å². The van der Waals surface area contributed by atoms with Crippen molar-refractivity contribution in [3.8, 4) is 0 Å². The number of carbonyl (C=O) groups excluding carboxylic acids is 1.